The minimum absolute atomic E-state index is 0.0293. The lowest BCUT2D eigenvalue weighted by Gasteiger charge is -2.28. The summed E-state index contributed by atoms with van der Waals surface area (Å²) in [5.74, 6) is 0.620. The second kappa shape index (κ2) is 9.64. The smallest absolute Gasteiger partial charge is 0.211 e. The molecule has 11 heteroatoms. The third-order valence-electron chi connectivity index (χ3n) is 5.24. The third-order valence-corrected chi connectivity index (χ3v) is 8.62. The van der Waals surface area contributed by atoms with Gasteiger partial charge in [0.05, 0.1) is 11.3 Å². The Balaban J connectivity index is 1.65. The van der Waals surface area contributed by atoms with Crippen LogP contribution in [0.15, 0.2) is 62.0 Å². The fourth-order valence-electron chi connectivity index (χ4n) is 3.50. The zero-order valence-corrected chi connectivity index (χ0v) is 20.7. The van der Waals surface area contributed by atoms with Crippen LogP contribution in [-0.2, 0) is 20.8 Å². The lowest BCUT2D eigenvalue weighted by Crippen LogP contribution is -2.37. The molecule has 1 unspecified atom stereocenters. The second-order valence-corrected chi connectivity index (χ2v) is 12.3. The maximum Gasteiger partial charge on any atom is 0.211 e. The van der Waals surface area contributed by atoms with Crippen LogP contribution in [0.4, 0.5) is 0 Å². The Kier molecular flexibility index (Phi) is 7.06. The van der Waals surface area contributed by atoms with Crippen molar-refractivity contribution >= 4 is 44.2 Å². The van der Waals surface area contributed by atoms with Crippen molar-refractivity contribution in [1.82, 2.24) is 14.3 Å². The molecular weight excluding hydrogens is 490 g/mol. The molecule has 3 aromatic rings. The number of nitrogens with zero attached hydrogens (tertiary/aromatic N) is 3. The summed E-state index contributed by atoms with van der Waals surface area (Å²) in [4.78, 5) is 9.86. The molecule has 1 saturated heterocycles. The molecule has 0 N–H and O–H groups in total. The molecule has 7 nitrogen and oxygen atoms in total. The Hall–Kier alpha value is -1.72. The van der Waals surface area contributed by atoms with E-state index in [4.69, 9.17) is 21.0 Å². The molecular formula is C21H22ClN3O4S3. The quantitative estimate of drug-likeness (QED) is 0.483. The van der Waals surface area contributed by atoms with Crippen molar-refractivity contribution in [2.75, 3.05) is 25.6 Å². The van der Waals surface area contributed by atoms with Gasteiger partial charge in [0, 0.05) is 52.7 Å². The highest BCUT2D eigenvalue weighted by atomic mass is 35.5. The molecule has 1 fully saturated rings. The van der Waals surface area contributed by atoms with Crippen molar-refractivity contribution in [3.8, 4) is 11.3 Å². The van der Waals surface area contributed by atoms with Gasteiger partial charge in [0.25, 0.3) is 0 Å². The highest BCUT2D eigenvalue weighted by molar-refractivity contribution is 7.99. The molecule has 1 aromatic carbocycles. The number of oxazole rings is 1. The summed E-state index contributed by atoms with van der Waals surface area (Å²) >= 11 is 7.31. The summed E-state index contributed by atoms with van der Waals surface area (Å²) in [6.07, 6.45) is 5.73. The average Bonchev–Trinajstić information content (AvgIpc) is 3.18. The number of piperidine rings is 1. The van der Waals surface area contributed by atoms with Crippen molar-refractivity contribution in [2.24, 2.45) is 0 Å². The number of benzene rings is 1. The van der Waals surface area contributed by atoms with Gasteiger partial charge in [-0.2, -0.15) is 0 Å². The number of halogens is 1. The van der Waals surface area contributed by atoms with Crippen LogP contribution < -0.4 is 0 Å². The van der Waals surface area contributed by atoms with Gasteiger partial charge in [-0.15, -0.1) is 0 Å². The standard InChI is InChI=1S/C21H22ClN3O4S3/c1-31(26)17-6-3-14(4-7-17)19-21(30-18-8-5-16(22)13-23-18)29-20(24-19)15-9-11-25(12-10-15)32(2,27)28/h3-8,13,15H,9-12H2,1-2H3. The highest BCUT2D eigenvalue weighted by Crippen LogP contribution is 2.39. The van der Waals surface area contributed by atoms with Crippen molar-refractivity contribution in [1.29, 1.82) is 0 Å². The first kappa shape index (κ1) is 23.4. The Morgan fingerprint density at radius 3 is 2.41 bits per heavy atom. The van der Waals surface area contributed by atoms with Gasteiger partial charge in [-0.25, -0.2) is 22.7 Å². The summed E-state index contributed by atoms with van der Waals surface area (Å²) in [6.45, 7) is 0.888. The molecule has 0 amide bonds. The summed E-state index contributed by atoms with van der Waals surface area (Å²) < 4.78 is 43.1. The molecule has 1 aliphatic heterocycles. The fraction of sp³-hybridized carbons (Fsp3) is 0.333. The molecule has 0 bridgehead atoms. The van der Waals surface area contributed by atoms with Crippen LogP contribution in [0.1, 0.15) is 24.7 Å². The van der Waals surface area contributed by atoms with Gasteiger partial charge < -0.3 is 4.42 Å². The molecule has 0 radical (unpaired) electrons. The van der Waals surface area contributed by atoms with E-state index in [1.165, 1.54) is 22.3 Å². The lowest BCUT2D eigenvalue weighted by atomic mass is 9.98. The Bertz CT molecular complexity index is 1220. The molecule has 0 spiro atoms. The summed E-state index contributed by atoms with van der Waals surface area (Å²) in [5, 5.41) is 1.87. The number of sulfonamides is 1. The second-order valence-electron chi connectivity index (χ2n) is 7.52. The number of aromatic nitrogens is 2. The van der Waals surface area contributed by atoms with E-state index in [2.05, 4.69) is 4.98 Å². The fourth-order valence-corrected chi connectivity index (χ4v) is 5.83. The first-order valence-corrected chi connectivity index (χ1v) is 14.5. The van der Waals surface area contributed by atoms with Crippen LogP contribution in [0.5, 0.6) is 0 Å². The Labute approximate surface area is 199 Å². The molecule has 4 rings (SSSR count). The molecule has 0 saturated carbocycles. The minimum atomic E-state index is -3.20. The number of hydrogen-bond acceptors (Lipinski definition) is 7. The van der Waals surface area contributed by atoms with Crippen molar-refractivity contribution in [3.63, 3.8) is 0 Å². The van der Waals surface area contributed by atoms with E-state index in [1.807, 2.05) is 30.3 Å². The van der Waals surface area contributed by atoms with Crippen LogP contribution in [-0.4, -0.2) is 52.5 Å². The van der Waals surface area contributed by atoms with Gasteiger partial charge >= 0.3 is 0 Å². The van der Waals surface area contributed by atoms with E-state index in [0.29, 0.717) is 47.6 Å². The van der Waals surface area contributed by atoms with Crippen LogP contribution in [0.25, 0.3) is 11.3 Å². The molecule has 2 aromatic heterocycles. The van der Waals surface area contributed by atoms with E-state index in [1.54, 1.807) is 18.5 Å². The molecule has 1 atom stereocenters. The first-order chi connectivity index (χ1) is 15.2. The maximum absolute atomic E-state index is 11.8. The largest absolute Gasteiger partial charge is 0.433 e. The van der Waals surface area contributed by atoms with Gasteiger partial charge in [-0.05, 0) is 48.9 Å². The number of rotatable bonds is 6. The highest BCUT2D eigenvalue weighted by Gasteiger charge is 2.30. The summed E-state index contributed by atoms with van der Waals surface area (Å²) in [5.41, 5.74) is 1.53. The molecule has 0 aliphatic carbocycles. The van der Waals surface area contributed by atoms with Crippen LogP contribution in [0.2, 0.25) is 5.02 Å². The van der Waals surface area contributed by atoms with Gasteiger partial charge in [0.1, 0.15) is 10.7 Å². The molecule has 170 valence electrons. The monoisotopic (exact) mass is 511 g/mol. The maximum atomic E-state index is 11.8. The van der Waals surface area contributed by atoms with Gasteiger partial charge in [0.2, 0.25) is 10.0 Å². The lowest BCUT2D eigenvalue weighted by molar-refractivity contribution is 0.281. The van der Waals surface area contributed by atoms with Crippen LogP contribution >= 0.6 is 23.4 Å². The Morgan fingerprint density at radius 1 is 1.16 bits per heavy atom. The first-order valence-electron chi connectivity index (χ1n) is 9.90. The van der Waals surface area contributed by atoms with Crippen molar-refractivity contribution < 1.29 is 17.0 Å². The van der Waals surface area contributed by atoms with Gasteiger partial charge in [0.15, 0.2) is 11.0 Å². The van der Waals surface area contributed by atoms with Gasteiger partial charge in [-0.3, -0.25) is 4.21 Å². The van der Waals surface area contributed by atoms with Gasteiger partial charge in [-0.1, -0.05) is 23.7 Å². The minimum Gasteiger partial charge on any atom is -0.433 e. The van der Waals surface area contributed by atoms with E-state index >= 15 is 0 Å². The van der Waals surface area contributed by atoms with Crippen LogP contribution in [0, 0.1) is 0 Å². The predicted octanol–water partition coefficient (Wildman–Crippen LogP) is 4.42. The third kappa shape index (κ3) is 5.43. The Morgan fingerprint density at radius 2 is 1.84 bits per heavy atom. The SMILES string of the molecule is CS(=O)c1ccc(-c2nc(C3CCN(S(C)(=O)=O)CC3)oc2Sc2ccc(Cl)cn2)cc1. The molecule has 1 aliphatic rings. The van der Waals surface area contributed by atoms with E-state index in [-0.39, 0.29) is 5.92 Å². The van der Waals surface area contributed by atoms with Crippen molar-refractivity contribution in [3.05, 3.63) is 53.5 Å². The predicted molar refractivity (Wildman–Crippen MR) is 126 cm³/mol. The summed E-state index contributed by atoms with van der Waals surface area (Å²) in [6, 6.07) is 11.0. The number of pyridine rings is 1. The zero-order valence-electron chi connectivity index (χ0n) is 17.5. The van der Waals surface area contributed by atoms with E-state index in [9.17, 15) is 12.6 Å². The number of hydrogen-bond donors (Lipinski definition) is 0. The average molecular weight is 512 g/mol. The van der Waals surface area contributed by atoms with E-state index in [0.717, 1.165) is 15.5 Å². The normalized spacial score (nSPS) is 16.8. The summed E-state index contributed by atoms with van der Waals surface area (Å²) in [7, 11) is -4.27. The molecule has 32 heavy (non-hydrogen) atoms. The zero-order chi connectivity index (χ0) is 22.9. The van der Waals surface area contributed by atoms with Crippen molar-refractivity contribution in [2.45, 2.75) is 33.8 Å². The topological polar surface area (TPSA) is 93.4 Å². The van der Waals surface area contributed by atoms with E-state index < -0.39 is 20.8 Å². The molecule has 3 heterocycles. The van der Waals surface area contributed by atoms with Crippen LogP contribution in [0.3, 0.4) is 0 Å².